The van der Waals surface area contributed by atoms with Crippen LogP contribution in [0.25, 0.3) is 0 Å². The number of methoxy groups -OCH3 is 1. The first-order valence-electron chi connectivity index (χ1n) is 6.85. The van der Waals surface area contributed by atoms with Gasteiger partial charge in [-0.2, -0.15) is 0 Å². The lowest BCUT2D eigenvalue weighted by molar-refractivity contribution is 0.0672. The number of benzene rings is 1. The van der Waals surface area contributed by atoms with E-state index < -0.39 is 0 Å². The molecule has 0 aliphatic heterocycles. The van der Waals surface area contributed by atoms with Gasteiger partial charge in [-0.15, -0.1) is 0 Å². The van der Waals surface area contributed by atoms with Crippen molar-refractivity contribution in [3.63, 3.8) is 0 Å². The molecular formula is C15H23N3O3. The first-order chi connectivity index (χ1) is 9.99. The maximum atomic E-state index is 12.6. The van der Waals surface area contributed by atoms with E-state index >= 15 is 0 Å². The molecule has 0 radical (unpaired) electrons. The molecule has 0 fully saturated rings. The summed E-state index contributed by atoms with van der Waals surface area (Å²) < 4.78 is 5.05. The monoisotopic (exact) mass is 293 g/mol. The fourth-order valence-corrected chi connectivity index (χ4v) is 1.97. The summed E-state index contributed by atoms with van der Waals surface area (Å²) >= 11 is 0. The van der Waals surface area contributed by atoms with Gasteiger partial charge < -0.3 is 20.6 Å². The second kappa shape index (κ2) is 8.26. The van der Waals surface area contributed by atoms with Crippen molar-refractivity contribution in [2.45, 2.75) is 13.8 Å². The largest absolute Gasteiger partial charge is 0.409 e. The fourth-order valence-electron chi connectivity index (χ4n) is 1.97. The predicted molar refractivity (Wildman–Crippen MR) is 81.6 cm³/mol. The van der Waals surface area contributed by atoms with E-state index in [9.17, 15) is 4.79 Å². The van der Waals surface area contributed by atoms with E-state index in [1.165, 1.54) is 0 Å². The first kappa shape index (κ1) is 17.0. The van der Waals surface area contributed by atoms with Gasteiger partial charge in [0, 0.05) is 31.3 Å². The summed E-state index contributed by atoms with van der Waals surface area (Å²) in [6, 6.07) is 6.74. The van der Waals surface area contributed by atoms with Crippen LogP contribution in [0, 0.1) is 5.92 Å². The van der Waals surface area contributed by atoms with Crippen molar-refractivity contribution in [2.24, 2.45) is 16.8 Å². The smallest absolute Gasteiger partial charge is 0.253 e. The van der Waals surface area contributed by atoms with Crippen molar-refractivity contribution in [2.75, 3.05) is 26.8 Å². The van der Waals surface area contributed by atoms with Crippen molar-refractivity contribution in [1.29, 1.82) is 0 Å². The van der Waals surface area contributed by atoms with Crippen LogP contribution in [-0.4, -0.2) is 48.7 Å². The minimum Gasteiger partial charge on any atom is -0.409 e. The fraction of sp³-hybridized carbons (Fsp3) is 0.467. The van der Waals surface area contributed by atoms with Crippen LogP contribution in [0.15, 0.2) is 29.4 Å². The van der Waals surface area contributed by atoms with E-state index in [-0.39, 0.29) is 11.7 Å². The zero-order valence-electron chi connectivity index (χ0n) is 12.7. The molecule has 0 aromatic heterocycles. The zero-order valence-corrected chi connectivity index (χ0v) is 12.7. The van der Waals surface area contributed by atoms with E-state index in [0.717, 1.165) is 0 Å². The predicted octanol–water partition coefficient (Wildman–Crippen LogP) is 1.53. The molecule has 0 heterocycles. The number of amides is 1. The number of amidine groups is 1. The molecule has 0 bridgehead atoms. The van der Waals surface area contributed by atoms with Crippen molar-refractivity contribution < 1.29 is 14.7 Å². The first-order valence-corrected chi connectivity index (χ1v) is 6.85. The van der Waals surface area contributed by atoms with Crippen LogP contribution < -0.4 is 5.73 Å². The van der Waals surface area contributed by atoms with E-state index in [0.29, 0.717) is 36.7 Å². The van der Waals surface area contributed by atoms with Crippen LogP contribution in [0.2, 0.25) is 0 Å². The second-order valence-corrected chi connectivity index (χ2v) is 5.20. The number of oxime groups is 1. The SMILES string of the molecule is COCCN(CC(C)C)C(=O)c1cccc(C(N)=NO)c1. The molecule has 1 amide bonds. The summed E-state index contributed by atoms with van der Waals surface area (Å²) in [7, 11) is 1.61. The van der Waals surface area contributed by atoms with Crippen LogP contribution >= 0.6 is 0 Å². The molecule has 0 saturated carbocycles. The minimum atomic E-state index is -0.0895. The summed E-state index contributed by atoms with van der Waals surface area (Å²) in [5.41, 5.74) is 6.58. The van der Waals surface area contributed by atoms with E-state index in [1.54, 1.807) is 36.3 Å². The highest BCUT2D eigenvalue weighted by Crippen LogP contribution is 2.10. The maximum absolute atomic E-state index is 12.6. The normalized spacial score (nSPS) is 11.7. The number of nitrogens with zero attached hydrogens (tertiary/aromatic N) is 2. The molecule has 116 valence electrons. The third-order valence-electron chi connectivity index (χ3n) is 2.95. The Morgan fingerprint density at radius 3 is 2.67 bits per heavy atom. The highest BCUT2D eigenvalue weighted by Gasteiger charge is 2.17. The van der Waals surface area contributed by atoms with Gasteiger partial charge in [0.05, 0.1) is 6.61 Å². The Balaban J connectivity index is 2.97. The Bertz CT molecular complexity index is 501. The molecule has 0 aliphatic rings. The standard InChI is InChI=1S/C15H23N3O3/c1-11(2)10-18(7-8-21-3)15(19)13-6-4-5-12(9-13)14(16)17-20/h4-6,9,11,20H,7-8,10H2,1-3H3,(H2,16,17). The molecule has 0 unspecified atom stereocenters. The Morgan fingerprint density at radius 2 is 2.10 bits per heavy atom. The lowest BCUT2D eigenvalue weighted by atomic mass is 10.1. The number of carbonyl (C=O) groups excluding carboxylic acids is 1. The van der Waals surface area contributed by atoms with Crippen LogP contribution in [0.3, 0.4) is 0 Å². The van der Waals surface area contributed by atoms with Gasteiger partial charge in [-0.3, -0.25) is 4.79 Å². The molecule has 1 aromatic rings. The Morgan fingerprint density at radius 1 is 1.43 bits per heavy atom. The molecule has 0 saturated heterocycles. The number of hydrogen-bond acceptors (Lipinski definition) is 4. The van der Waals surface area contributed by atoms with Gasteiger partial charge in [-0.1, -0.05) is 31.1 Å². The average Bonchev–Trinajstić information content (AvgIpc) is 2.49. The second-order valence-electron chi connectivity index (χ2n) is 5.20. The van der Waals surface area contributed by atoms with Crippen LogP contribution in [0.4, 0.5) is 0 Å². The summed E-state index contributed by atoms with van der Waals surface area (Å²) in [6.07, 6.45) is 0. The van der Waals surface area contributed by atoms with Gasteiger partial charge in [0.1, 0.15) is 0 Å². The topological polar surface area (TPSA) is 88.2 Å². The van der Waals surface area contributed by atoms with Gasteiger partial charge in [-0.25, -0.2) is 0 Å². The van der Waals surface area contributed by atoms with Gasteiger partial charge >= 0.3 is 0 Å². The molecule has 21 heavy (non-hydrogen) atoms. The lowest BCUT2D eigenvalue weighted by Gasteiger charge is -2.24. The molecule has 1 rings (SSSR count). The Hall–Kier alpha value is -2.08. The minimum absolute atomic E-state index is 0.0167. The summed E-state index contributed by atoms with van der Waals surface area (Å²) in [5, 5.41) is 11.7. The number of ether oxygens (including phenoxy) is 1. The van der Waals surface area contributed by atoms with Crippen LogP contribution in [0.5, 0.6) is 0 Å². The van der Waals surface area contributed by atoms with Crippen molar-refractivity contribution in [3.8, 4) is 0 Å². The number of carbonyl (C=O) groups is 1. The van der Waals surface area contributed by atoms with Crippen LogP contribution in [0.1, 0.15) is 29.8 Å². The Kier molecular flexibility index (Phi) is 6.68. The van der Waals surface area contributed by atoms with Gasteiger partial charge in [-0.05, 0) is 18.1 Å². The quantitative estimate of drug-likeness (QED) is 0.345. The van der Waals surface area contributed by atoms with Gasteiger partial charge in [0.2, 0.25) is 0 Å². The number of rotatable bonds is 7. The molecular weight excluding hydrogens is 270 g/mol. The highest BCUT2D eigenvalue weighted by molar-refractivity contribution is 6.01. The molecule has 0 spiro atoms. The number of nitrogens with two attached hydrogens (primary N) is 1. The molecule has 6 nitrogen and oxygen atoms in total. The molecule has 3 N–H and O–H groups in total. The maximum Gasteiger partial charge on any atom is 0.253 e. The van der Waals surface area contributed by atoms with Crippen LogP contribution in [-0.2, 0) is 4.74 Å². The summed E-state index contributed by atoms with van der Waals surface area (Å²) in [5.74, 6) is 0.253. The van der Waals surface area contributed by atoms with E-state index in [4.69, 9.17) is 15.7 Å². The molecule has 1 aromatic carbocycles. The van der Waals surface area contributed by atoms with Crippen molar-refractivity contribution >= 4 is 11.7 Å². The van der Waals surface area contributed by atoms with Gasteiger partial charge in [0.25, 0.3) is 5.91 Å². The van der Waals surface area contributed by atoms with E-state index in [1.807, 2.05) is 0 Å². The molecule has 6 heteroatoms. The van der Waals surface area contributed by atoms with E-state index in [2.05, 4.69) is 19.0 Å². The Labute approximate surface area is 125 Å². The van der Waals surface area contributed by atoms with Crippen molar-refractivity contribution in [1.82, 2.24) is 4.90 Å². The summed E-state index contributed by atoms with van der Waals surface area (Å²) in [4.78, 5) is 14.3. The third kappa shape index (κ3) is 5.07. The summed E-state index contributed by atoms with van der Waals surface area (Å²) in [6.45, 7) is 5.77. The zero-order chi connectivity index (χ0) is 15.8. The number of hydrogen-bond donors (Lipinski definition) is 2. The lowest BCUT2D eigenvalue weighted by Crippen LogP contribution is -2.36. The van der Waals surface area contributed by atoms with Crippen molar-refractivity contribution in [3.05, 3.63) is 35.4 Å². The molecule has 0 atom stereocenters. The third-order valence-corrected chi connectivity index (χ3v) is 2.95. The molecule has 0 aliphatic carbocycles. The highest BCUT2D eigenvalue weighted by atomic mass is 16.5. The van der Waals surface area contributed by atoms with Gasteiger partial charge in [0.15, 0.2) is 5.84 Å². The average molecular weight is 293 g/mol.